The van der Waals surface area contributed by atoms with E-state index in [0.717, 1.165) is 12.8 Å². The lowest BCUT2D eigenvalue weighted by atomic mass is 10.1. The van der Waals surface area contributed by atoms with Gasteiger partial charge in [-0.2, -0.15) is 0 Å². The van der Waals surface area contributed by atoms with Crippen LogP contribution in [0.3, 0.4) is 0 Å². The van der Waals surface area contributed by atoms with Crippen LogP contribution in [0, 0.1) is 0 Å². The van der Waals surface area contributed by atoms with E-state index in [0.29, 0.717) is 0 Å². The average Bonchev–Trinajstić information content (AvgIpc) is 2.46. The Kier molecular flexibility index (Phi) is 4.03. The largest absolute Gasteiger partial charge is 0.344 e. The van der Waals surface area contributed by atoms with Crippen molar-refractivity contribution in [2.24, 2.45) is 0 Å². The third kappa shape index (κ3) is 2.40. The molecule has 0 amide bonds. The molecule has 2 rings (SSSR count). The van der Waals surface area contributed by atoms with Crippen LogP contribution in [0.15, 0.2) is 48.5 Å². The number of para-hydroxylation sites is 2. The molecule has 0 aromatic heterocycles. The Morgan fingerprint density at radius 2 is 1.11 bits per heavy atom. The number of hydrogen-bond acceptors (Lipinski definition) is 1. The first-order valence-corrected chi connectivity index (χ1v) is 6.67. The molecule has 0 radical (unpaired) electrons. The number of benzene rings is 2. The van der Waals surface area contributed by atoms with Crippen molar-refractivity contribution in [2.45, 2.75) is 26.7 Å². The molecule has 0 atom stereocenters. The minimum Gasteiger partial charge on any atom is -0.344 e. The lowest BCUT2D eigenvalue weighted by Gasteiger charge is -2.24. The maximum absolute atomic E-state index is 2.30. The Balaban J connectivity index is 2.44. The number of rotatable bonds is 4. The van der Waals surface area contributed by atoms with Crippen LogP contribution in [0.4, 0.5) is 11.4 Å². The fourth-order valence-corrected chi connectivity index (χ4v) is 2.40. The molecule has 94 valence electrons. The third-order valence-electron chi connectivity index (χ3n) is 3.47. The Morgan fingerprint density at radius 3 is 1.50 bits per heavy atom. The number of hydrogen-bond donors (Lipinski definition) is 0. The molecule has 18 heavy (non-hydrogen) atoms. The summed E-state index contributed by atoms with van der Waals surface area (Å²) in [4.78, 5) is 2.30. The Labute approximate surface area is 110 Å². The summed E-state index contributed by atoms with van der Waals surface area (Å²) in [5, 5.41) is 0. The van der Waals surface area contributed by atoms with Gasteiger partial charge < -0.3 is 4.90 Å². The molecule has 0 saturated carbocycles. The summed E-state index contributed by atoms with van der Waals surface area (Å²) in [6, 6.07) is 17.3. The van der Waals surface area contributed by atoms with Gasteiger partial charge in [-0.1, -0.05) is 50.2 Å². The van der Waals surface area contributed by atoms with Gasteiger partial charge >= 0.3 is 0 Å². The third-order valence-corrected chi connectivity index (χ3v) is 3.47. The summed E-state index contributed by atoms with van der Waals surface area (Å²) >= 11 is 0. The topological polar surface area (TPSA) is 3.24 Å². The monoisotopic (exact) mass is 239 g/mol. The SMILES string of the molecule is CCc1ccccc1N(C)c1ccccc1CC. The predicted octanol–water partition coefficient (Wildman–Crippen LogP) is 4.58. The van der Waals surface area contributed by atoms with Gasteiger partial charge in [0.05, 0.1) is 0 Å². The smallest absolute Gasteiger partial charge is 0.0440 e. The van der Waals surface area contributed by atoms with E-state index in [-0.39, 0.29) is 0 Å². The fraction of sp³-hybridized carbons (Fsp3) is 0.294. The molecular weight excluding hydrogens is 218 g/mol. The van der Waals surface area contributed by atoms with Crippen molar-refractivity contribution in [1.82, 2.24) is 0 Å². The lowest BCUT2D eigenvalue weighted by Crippen LogP contribution is -2.13. The Bertz CT molecular complexity index is 469. The van der Waals surface area contributed by atoms with Crippen molar-refractivity contribution in [3.05, 3.63) is 59.7 Å². The highest BCUT2D eigenvalue weighted by atomic mass is 15.1. The van der Waals surface area contributed by atoms with Gasteiger partial charge in [-0.15, -0.1) is 0 Å². The van der Waals surface area contributed by atoms with Gasteiger partial charge in [-0.25, -0.2) is 0 Å². The lowest BCUT2D eigenvalue weighted by molar-refractivity contribution is 1.06. The highest BCUT2D eigenvalue weighted by molar-refractivity contribution is 5.68. The molecule has 1 nitrogen and oxygen atoms in total. The molecule has 0 unspecified atom stereocenters. The second-order valence-corrected chi connectivity index (χ2v) is 4.52. The fourth-order valence-electron chi connectivity index (χ4n) is 2.40. The van der Waals surface area contributed by atoms with Crippen molar-refractivity contribution >= 4 is 11.4 Å². The summed E-state index contributed by atoms with van der Waals surface area (Å²) in [7, 11) is 2.16. The summed E-state index contributed by atoms with van der Waals surface area (Å²) in [5.41, 5.74) is 5.40. The van der Waals surface area contributed by atoms with Crippen LogP contribution in [0.25, 0.3) is 0 Å². The van der Waals surface area contributed by atoms with Crippen molar-refractivity contribution < 1.29 is 0 Å². The van der Waals surface area contributed by atoms with Crippen LogP contribution in [0.1, 0.15) is 25.0 Å². The zero-order valence-corrected chi connectivity index (χ0v) is 11.5. The molecule has 0 saturated heterocycles. The van der Waals surface area contributed by atoms with Gasteiger partial charge in [0.1, 0.15) is 0 Å². The van der Waals surface area contributed by atoms with E-state index in [1.807, 2.05) is 0 Å². The van der Waals surface area contributed by atoms with E-state index in [2.05, 4.69) is 74.3 Å². The molecule has 0 fully saturated rings. The standard InChI is InChI=1S/C17H21N/c1-4-14-10-6-8-12-16(14)18(3)17-13-9-7-11-15(17)5-2/h6-13H,4-5H2,1-3H3. The summed E-state index contributed by atoms with van der Waals surface area (Å²) < 4.78 is 0. The molecule has 0 bridgehead atoms. The second kappa shape index (κ2) is 5.72. The minimum atomic E-state index is 1.06. The normalized spacial score (nSPS) is 10.4. The van der Waals surface area contributed by atoms with Crippen LogP contribution in [-0.4, -0.2) is 7.05 Å². The molecular formula is C17H21N. The zero-order valence-electron chi connectivity index (χ0n) is 11.5. The van der Waals surface area contributed by atoms with E-state index < -0.39 is 0 Å². The van der Waals surface area contributed by atoms with Crippen molar-refractivity contribution in [3.63, 3.8) is 0 Å². The van der Waals surface area contributed by atoms with Gasteiger partial charge in [0.15, 0.2) is 0 Å². The second-order valence-electron chi connectivity index (χ2n) is 4.52. The molecule has 0 aliphatic rings. The molecule has 1 heteroatoms. The molecule has 2 aromatic rings. The van der Waals surface area contributed by atoms with Crippen LogP contribution >= 0.6 is 0 Å². The van der Waals surface area contributed by atoms with Gasteiger partial charge in [0, 0.05) is 18.4 Å². The van der Waals surface area contributed by atoms with Gasteiger partial charge in [-0.3, -0.25) is 0 Å². The molecule has 2 aromatic carbocycles. The van der Waals surface area contributed by atoms with Crippen LogP contribution < -0.4 is 4.90 Å². The summed E-state index contributed by atoms with van der Waals surface area (Å²) in [6.45, 7) is 4.41. The molecule has 0 aliphatic carbocycles. The summed E-state index contributed by atoms with van der Waals surface area (Å²) in [5.74, 6) is 0. The van der Waals surface area contributed by atoms with Crippen LogP contribution in [0.5, 0.6) is 0 Å². The van der Waals surface area contributed by atoms with Gasteiger partial charge in [-0.05, 0) is 36.1 Å². The minimum absolute atomic E-state index is 1.06. The molecule has 0 N–H and O–H groups in total. The van der Waals surface area contributed by atoms with Crippen molar-refractivity contribution in [1.29, 1.82) is 0 Å². The molecule has 0 spiro atoms. The van der Waals surface area contributed by atoms with E-state index >= 15 is 0 Å². The average molecular weight is 239 g/mol. The number of nitrogens with zero attached hydrogens (tertiary/aromatic N) is 1. The first-order chi connectivity index (χ1) is 8.77. The Morgan fingerprint density at radius 1 is 0.722 bits per heavy atom. The summed E-state index contributed by atoms with van der Waals surface area (Å²) in [6.07, 6.45) is 2.13. The first-order valence-electron chi connectivity index (χ1n) is 6.67. The highest BCUT2D eigenvalue weighted by Crippen LogP contribution is 2.30. The Hall–Kier alpha value is -1.76. The van der Waals surface area contributed by atoms with Crippen LogP contribution in [0.2, 0.25) is 0 Å². The maximum atomic E-state index is 2.30. The van der Waals surface area contributed by atoms with Crippen molar-refractivity contribution in [3.8, 4) is 0 Å². The van der Waals surface area contributed by atoms with E-state index in [4.69, 9.17) is 0 Å². The van der Waals surface area contributed by atoms with E-state index in [1.54, 1.807) is 0 Å². The molecule has 0 aliphatic heterocycles. The highest BCUT2D eigenvalue weighted by Gasteiger charge is 2.10. The molecule has 0 heterocycles. The van der Waals surface area contributed by atoms with Gasteiger partial charge in [0.25, 0.3) is 0 Å². The number of aryl methyl sites for hydroxylation is 2. The van der Waals surface area contributed by atoms with Gasteiger partial charge in [0.2, 0.25) is 0 Å². The zero-order chi connectivity index (χ0) is 13.0. The van der Waals surface area contributed by atoms with E-state index in [9.17, 15) is 0 Å². The predicted molar refractivity (Wildman–Crippen MR) is 79.7 cm³/mol. The quantitative estimate of drug-likeness (QED) is 0.755. The van der Waals surface area contributed by atoms with E-state index in [1.165, 1.54) is 22.5 Å². The number of anilines is 2. The first kappa shape index (κ1) is 12.7. The maximum Gasteiger partial charge on any atom is 0.0440 e. The van der Waals surface area contributed by atoms with Crippen LogP contribution in [-0.2, 0) is 12.8 Å². The van der Waals surface area contributed by atoms with Crippen molar-refractivity contribution in [2.75, 3.05) is 11.9 Å².